The van der Waals surface area contributed by atoms with Crippen LogP contribution >= 0.6 is 0 Å². The summed E-state index contributed by atoms with van der Waals surface area (Å²) in [5.41, 5.74) is 6.72. The predicted octanol–water partition coefficient (Wildman–Crippen LogP) is 2.10. The molecule has 2 rings (SSSR count). The standard InChI is InChI=1S/C12H16FNO2/c13-10-4-9(5-11(14)6-10)7-15-8-12-2-1-3-16-12/h4-6,12H,1-3,7-8,14H2. The number of ether oxygens (including phenoxy) is 2. The fourth-order valence-electron chi connectivity index (χ4n) is 1.84. The summed E-state index contributed by atoms with van der Waals surface area (Å²) in [6.45, 7) is 1.76. The molecule has 1 saturated heterocycles. The fourth-order valence-corrected chi connectivity index (χ4v) is 1.84. The molecule has 1 aliphatic heterocycles. The maximum Gasteiger partial charge on any atom is 0.125 e. The van der Waals surface area contributed by atoms with Gasteiger partial charge in [-0.3, -0.25) is 0 Å². The Morgan fingerprint density at radius 3 is 3.00 bits per heavy atom. The summed E-state index contributed by atoms with van der Waals surface area (Å²) >= 11 is 0. The van der Waals surface area contributed by atoms with Crippen molar-refractivity contribution < 1.29 is 13.9 Å². The minimum absolute atomic E-state index is 0.200. The third-order valence-corrected chi connectivity index (χ3v) is 2.58. The quantitative estimate of drug-likeness (QED) is 0.798. The van der Waals surface area contributed by atoms with Crippen LogP contribution in [0.25, 0.3) is 0 Å². The zero-order chi connectivity index (χ0) is 11.4. The van der Waals surface area contributed by atoms with Gasteiger partial charge in [-0.25, -0.2) is 4.39 Å². The summed E-state index contributed by atoms with van der Waals surface area (Å²) in [6.07, 6.45) is 2.34. The molecular weight excluding hydrogens is 209 g/mol. The van der Waals surface area contributed by atoms with Crippen LogP contribution in [0.5, 0.6) is 0 Å². The molecule has 4 heteroatoms. The van der Waals surface area contributed by atoms with Crippen molar-refractivity contribution in [3.8, 4) is 0 Å². The van der Waals surface area contributed by atoms with Crippen molar-refractivity contribution in [2.45, 2.75) is 25.6 Å². The Morgan fingerprint density at radius 1 is 1.44 bits per heavy atom. The number of halogens is 1. The van der Waals surface area contributed by atoms with Gasteiger partial charge in [-0.1, -0.05) is 0 Å². The molecule has 1 heterocycles. The normalized spacial score (nSPS) is 20.2. The highest BCUT2D eigenvalue weighted by molar-refractivity contribution is 5.41. The molecule has 3 nitrogen and oxygen atoms in total. The van der Waals surface area contributed by atoms with Gasteiger partial charge >= 0.3 is 0 Å². The van der Waals surface area contributed by atoms with Gasteiger partial charge in [0, 0.05) is 12.3 Å². The van der Waals surface area contributed by atoms with Crippen LogP contribution in [-0.4, -0.2) is 19.3 Å². The van der Waals surface area contributed by atoms with E-state index in [2.05, 4.69) is 0 Å². The molecule has 0 radical (unpaired) electrons. The molecule has 16 heavy (non-hydrogen) atoms. The molecule has 0 amide bonds. The Labute approximate surface area is 94.3 Å². The van der Waals surface area contributed by atoms with Crippen LogP contribution in [0, 0.1) is 5.82 Å². The van der Waals surface area contributed by atoms with Crippen molar-refractivity contribution in [2.24, 2.45) is 0 Å². The van der Waals surface area contributed by atoms with Crippen LogP contribution in [0.1, 0.15) is 18.4 Å². The number of benzene rings is 1. The van der Waals surface area contributed by atoms with Crippen LogP contribution in [0.3, 0.4) is 0 Å². The molecule has 1 aromatic carbocycles. The first-order valence-corrected chi connectivity index (χ1v) is 5.48. The maximum atomic E-state index is 13.0. The van der Waals surface area contributed by atoms with E-state index in [0.29, 0.717) is 18.9 Å². The van der Waals surface area contributed by atoms with E-state index in [1.165, 1.54) is 12.1 Å². The first-order valence-electron chi connectivity index (χ1n) is 5.48. The van der Waals surface area contributed by atoms with Crippen molar-refractivity contribution in [1.29, 1.82) is 0 Å². The molecule has 0 saturated carbocycles. The van der Waals surface area contributed by atoms with Crippen LogP contribution in [0.15, 0.2) is 18.2 Å². The molecule has 1 unspecified atom stereocenters. The summed E-state index contributed by atoms with van der Waals surface area (Å²) in [6, 6.07) is 4.45. The third-order valence-electron chi connectivity index (χ3n) is 2.58. The Bertz CT molecular complexity index is 331. The Morgan fingerprint density at radius 2 is 2.31 bits per heavy atom. The first kappa shape index (κ1) is 11.4. The molecule has 88 valence electrons. The van der Waals surface area contributed by atoms with Gasteiger partial charge in [-0.05, 0) is 36.6 Å². The van der Waals surface area contributed by atoms with Crippen LogP contribution in [0.4, 0.5) is 10.1 Å². The highest BCUT2D eigenvalue weighted by Crippen LogP contribution is 2.14. The zero-order valence-electron chi connectivity index (χ0n) is 9.12. The van der Waals surface area contributed by atoms with Crippen molar-refractivity contribution in [1.82, 2.24) is 0 Å². The summed E-state index contributed by atoms with van der Waals surface area (Å²) in [7, 11) is 0. The monoisotopic (exact) mass is 225 g/mol. The number of nitrogens with two attached hydrogens (primary N) is 1. The van der Waals surface area contributed by atoms with Gasteiger partial charge in [-0.15, -0.1) is 0 Å². The second-order valence-corrected chi connectivity index (χ2v) is 4.04. The van der Waals surface area contributed by atoms with E-state index in [9.17, 15) is 4.39 Å². The lowest BCUT2D eigenvalue weighted by Crippen LogP contribution is -2.13. The lowest BCUT2D eigenvalue weighted by Gasteiger charge is -2.10. The second kappa shape index (κ2) is 5.27. The van der Waals surface area contributed by atoms with Crippen LogP contribution in [-0.2, 0) is 16.1 Å². The molecule has 0 aliphatic carbocycles. The molecule has 1 fully saturated rings. The molecule has 1 atom stereocenters. The third kappa shape index (κ3) is 3.18. The largest absolute Gasteiger partial charge is 0.399 e. The average molecular weight is 225 g/mol. The molecule has 1 aromatic rings. The Balaban J connectivity index is 1.80. The van der Waals surface area contributed by atoms with Gasteiger partial charge in [-0.2, -0.15) is 0 Å². The van der Waals surface area contributed by atoms with E-state index < -0.39 is 0 Å². The molecule has 1 aliphatic rings. The van der Waals surface area contributed by atoms with Gasteiger partial charge in [0.2, 0.25) is 0 Å². The van der Waals surface area contributed by atoms with E-state index >= 15 is 0 Å². The van der Waals surface area contributed by atoms with E-state index in [1.54, 1.807) is 6.07 Å². The fraction of sp³-hybridized carbons (Fsp3) is 0.500. The summed E-state index contributed by atoms with van der Waals surface area (Å²) in [5.74, 6) is -0.323. The highest BCUT2D eigenvalue weighted by atomic mass is 19.1. The number of nitrogen functional groups attached to an aromatic ring is 1. The SMILES string of the molecule is Nc1cc(F)cc(COCC2CCCO2)c1. The minimum Gasteiger partial charge on any atom is -0.399 e. The highest BCUT2D eigenvalue weighted by Gasteiger charge is 2.15. The minimum atomic E-state index is -0.323. The second-order valence-electron chi connectivity index (χ2n) is 4.04. The van der Waals surface area contributed by atoms with E-state index in [4.69, 9.17) is 15.2 Å². The topological polar surface area (TPSA) is 44.5 Å². The van der Waals surface area contributed by atoms with Crippen LogP contribution in [0.2, 0.25) is 0 Å². The van der Waals surface area contributed by atoms with Gasteiger partial charge in [0.05, 0.1) is 19.3 Å². The summed E-state index contributed by atoms with van der Waals surface area (Å²) in [5, 5.41) is 0. The summed E-state index contributed by atoms with van der Waals surface area (Å²) in [4.78, 5) is 0. The van der Waals surface area contributed by atoms with Crippen molar-refractivity contribution >= 4 is 5.69 Å². The maximum absolute atomic E-state index is 13.0. The number of rotatable bonds is 4. The molecule has 0 bridgehead atoms. The smallest absolute Gasteiger partial charge is 0.125 e. The van der Waals surface area contributed by atoms with Crippen LogP contribution < -0.4 is 5.73 Å². The van der Waals surface area contributed by atoms with Gasteiger partial charge in [0.25, 0.3) is 0 Å². The lowest BCUT2D eigenvalue weighted by molar-refractivity contribution is 0.0105. The van der Waals surface area contributed by atoms with Crippen molar-refractivity contribution in [3.63, 3.8) is 0 Å². The zero-order valence-corrected chi connectivity index (χ0v) is 9.12. The van der Waals surface area contributed by atoms with Gasteiger partial charge < -0.3 is 15.2 Å². The molecule has 0 aromatic heterocycles. The molecule has 2 N–H and O–H groups in total. The van der Waals surface area contributed by atoms with Gasteiger partial charge in [0.1, 0.15) is 5.82 Å². The Hall–Kier alpha value is -1.13. The number of hydrogen-bond acceptors (Lipinski definition) is 3. The lowest BCUT2D eigenvalue weighted by atomic mass is 10.2. The van der Waals surface area contributed by atoms with Crippen molar-refractivity contribution in [3.05, 3.63) is 29.6 Å². The number of hydrogen-bond donors (Lipinski definition) is 1. The molecule has 0 spiro atoms. The van der Waals surface area contributed by atoms with E-state index in [-0.39, 0.29) is 11.9 Å². The molecular formula is C12H16FNO2. The van der Waals surface area contributed by atoms with E-state index in [1.807, 2.05) is 0 Å². The predicted molar refractivity (Wildman–Crippen MR) is 59.4 cm³/mol. The average Bonchev–Trinajstić information content (AvgIpc) is 2.69. The van der Waals surface area contributed by atoms with Gasteiger partial charge in [0.15, 0.2) is 0 Å². The van der Waals surface area contributed by atoms with Crippen molar-refractivity contribution in [2.75, 3.05) is 18.9 Å². The first-order chi connectivity index (χ1) is 7.74. The number of anilines is 1. The Kier molecular flexibility index (Phi) is 3.74. The van der Waals surface area contributed by atoms with E-state index in [0.717, 1.165) is 25.0 Å². The summed E-state index contributed by atoms with van der Waals surface area (Å²) < 4.78 is 23.9.